The number of benzene rings is 1. The van der Waals surface area contributed by atoms with Crippen molar-refractivity contribution in [3.63, 3.8) is 0 Å². The molecule has 0 radical (unpaired) electrons. The quantitative estimate of drug-likeness (QED) is 0.805. The number of thiocarbonyl (C=S) groups is 1. The number of hydrogen-bond donors (Lipinski definition) is 2. The summed E-state index contributed by atoms with van der Waals surface area (Å²) in [4.78, 5) is 12.0. The van der Waals surface area contributed by atoms with Gasteiger partial charge in [-0.15, -0.1) is 0 Å². The molecule has 1 aromatic carbocycles. The summed E-state index contributed by atoms with van der Waals surface area (Å²) in [5, 5.41) is 6.63. The number of anilines is 1. The van der Waals surface area contributed by atoms with E-state index in [1.807, 2.05) is 0 Å². The second-order valence-electron chi connectivity index (χ2n) is 4.13. The van der Waals surface area contributed by atoms with Gasteiger partial charge in [-0.25, -0.2) is 0 Å². The topological polar surface area (TPSA) is 82.2 Å². The number of nitrogens with zero attached hydrogens (tertiary/aromatic N) is 2. The van der Waals surface area contributed by atoms with Crippen molar-refractivity contribution in [1.82, 2.24) is 9.78 Å². The van der Waals surface area contributed by atoms with Gasteiger partial charge in [-0.3, -0.25) is 9.48 Å². The van der Waals surface area contributed by atoms with Crippen LogP contribution in [0.15, 0.2) is 36.7 Å². The molecule has 3 N–H and O–H groups in total. The van der Waals surface area contributed by atoms with E-state index < -0.39 is 0 Å². The van der Waals surface area contributed by atoms with E-state index in [1.165, 1.54) is 0 Å². The molecule has 1 amide bonds. The van der Waals surface area contributed by atoms with Gasteiger partial charge in [0.2, 0.25) is 0 Å². The maximum absolute atomic E-state index is 11.7. The summed E-state index contributed by atoms with van der Waals surface area (Å²) >= 11 is 4.85. The molecule has 0 aliphatic rings. The van der Waals surface area contributed by atoms with Gasteiger partial charge in [-0.2, -0.15) is 5.10 Å². The summed E-state index contributed by atoms with van der Waals surface area (Å²) < 4.78 is 6.96. The van der Waals surface area contributed by atoms with E-state index in [2.05, 4.69) is 10.4 Å². The van der Waals surface area contributed by atoms with Gasteiger partial charge < -0.3 is 15.8 Å². The molecule has 0 fully saturated rings. The lowest BCUT2D eigenvalue weighted by molar-refractivity contribution is -0.118. The van der Waals surface area contributed by atoms with Crippen molar-refractivity contribution >= 4 is 28.8 Å². The number of aryl methyl sites for hydroxylation is 1. The molecule has 0 saturated carbocycles. The van der Waals surface area contributed by atoms with Crippen molar-refractivity contribution in [3.8, 4) is 5.75 Å². The predicted molar refractivity (Wildman–Crippen MR) is 79.7 cm³/mol. The van der Waals surface area contributed by atoms with Crippen LogP contribution in [-0.4, -0.2) is 27.3 Å². The minimum atomic E-state index is -0.253. The minimum Gasteiger partial charge on any atom is -0.484 e. The molecule has 0 aliphatic heterocycles. The van der Waals surface area contributed by atoms with Gasteiger partial charge >= 0.3 is 0 Å². The number of amides is 1. The lowest BCUT2D eigenvalue weighted by atomic mass is 10.2. The highest BCUT2D eigenvalue weighted by Crippen LogP contribution is 2.12. The second-order valence-corrected chi connectivity index (χ2v) is 4.57. The molecule has 1 heterocycles. The Labute approximate surface area is 121 Å². The lowest BCUT2D eigenvalue weighted by Crippen LogP contribution is -2.20. The van der Waals surface area contributed by atoms with Gasteiger partial charge in [0.05, 0.1) is 11.9 Å². The zero-order valence-corrected chi connectivity index (χ0v) is 11.7. The monoisotopic (exact) mass is 290 g/mol. The molecule has 20 heavy (non-hydrogen) atoms. The van der Waals surface area contributed by atoms with Crippen LogP contribution in [0.25, 0.3) is 0 Å². The molecular weight excluding hydrogens is 276 g/mol. The maximum Gasteiger partial charge on any atom is 0.262 e. The number of ether oxygens (including phenoxy) is 1. The standard InChI is InChI=1S/C13H14N4O2S/c1-17-7-10(6-15-17)16-12(18)8-19-11-4-2-9(3-5-11)13(14)20/h2-7H,8H2,1H3,(H2,14,20)(H,16,18). The number of hydrogen-bond acceptors (Lipinski definition) is 4. The third kappa shape index (κ3) is 3.79. The highest BCUT2D eigenvalue weighted by Gasteiger charge is 2.05. The molecule has 0 spiro atoms. The van der Waals surface area contributed by atoms with Crippen LogP contribution in [0.2, 0.25) is 0 Å². The first kappa shape index (κ1) is 14.0. The third-order valence-corrected chi connectivity index (χ3v) is 2.73. The highest BCUT2D eigenvalue weighted by molar-refractivity contribution is 7.80. The lowest BCUT2D eigenvalue weighted by Gasteiger charge is -2.06. The normalized spacial score (nSPS) is 10.1. The molecule has 2 rings (SSSR count). The molecule has 0 aliphatic carbocycles. The highest BCUT2D eigenvalue weighted by atomic mass is 32.1. The Morgan fingerprint density at radius 1 is 1.45 bits per heavy atom. The Balaban J connectivity index is 1.85. The SMILES string of the molecule is Cn1cc(NC(=O)COc2ccc(C(N)=S)cc2)cn1. The third-order valence-electron chi connectivity index (χ3n) is 2.50. The van der Waals surface area contributed by atoms with Crippen LogP contribution in [-0.2, 0) is 11.8 Å². The molecule has 2 aromatic rings. The van der Waals surface area contributed by atoms with Crippen molar-refractivity contribution in [3.05, 3.63) is 42.2 Å². The summed E-state index contributed by atoms with van der Waals surface area (Å²) in [6.07, 6.45) is 3.27. The molecule has 7 heteroatoms. The largest absolute Gasteiger partial charge is 0.484 e. The van der Waals surface area contributed by atoms with E-state index in [9.17, 15) is 4.79 Å². The van der Waals surface area contributed by atoms with Crippen molar-refractivity contribution in [1.29, 1.82) is 0 Å². The van der Waals surface area contributed by atoms with Crippen molar-refractivity contribution in [2.45, 2.75) is 0 Å². The van der Waals surface area contributed by atoms with E-state index in [-0.39, 0.29) is 12.5 Å². The number of nitrogens with two attached hydrogens (primary N) is 1. The van der Waals surface area contributed by atoms with Crippen molar-refractivity contribution in [2.75, 3.05) is 11.9 Å². The summed E-state index contributed by atoms with van der Waals surface area (Å²) in [7, 11) is 1.77. The Kier molecular flexibility index (Phi) is 4.31. The van der Waals surface area contributed by atoms with Gasteiger partial charge in [-0.05, 0) is 24.3 Å². The first-order valence-corrected chi connectivity index (χ1v) is 6.26. The van der Waals surface area contributed by atoms with Crippen LogP contribution < -0.4 is 15.8 Å². The summed E-state index contributed by atoms with van der Waals surface area (Å²) in [6.45, 7) is -0.0820. The first-order valence-electron chi connectivity index (χ1n) is 5.86. The van der Waals surface area contributed by atoms with Crippen LogP contribution in [0.3, 0.4) is 0 Å². The Morgan fingerprint density at radius 2 is 2.15 bits per heavy atom. The van der Waals surface area contributed by atoms with Gasteiger partial charge in [0, 0.05) is 18.8 Å². The molecule has 1 aromatic heterocycles. The number of rotatable bonds is 5. The molecule has 104 valence electrons. The number of nitrogens with one attached hydrogen (secondary N) is 1. The van der Waals surface area contributed by atoms with Crippen LogP contribution in [0.1, 0.15) is 5.56 Å². The van der Waals surface area contributed by atoms with E-state index in [4.69, 9.17) is 22.7 Å². The molecule has 0 atom stereocenters. The van der Waals surface area contributed by atoms with Crippen molar-refractivity contribution < 1.29 is 9.53 Å². The van der Waals surface area contributed by atoms with Gasteiger partial charge in [0.1, 0.15) is 10.7 Å². The average Bonchev–Trinajstić information content (AvgIpc) is 2.82. The fraction of sp³-hybridized carbons (Fsp3) is 0.154. The van der Waals surface area contributed by atoms with E-state index in [1.54, 1.807) is 48.4 Å². The fourth-order valence-electron chi connectivity index (χ4n) is 1.55. The van der Waals surface area contributed by atoms with Crippen LogP contribution in [0.4, 0.5) is 5.69 Å². The summed E-state index contributed by atoms with van der Waals surface area (Å²) in [5.41, 5.74) is 6.88. The first-order chi connectivity index (χ1) is 9.54. The van der Waals surface area contributed by atoms with Crippen molar-refractivity contribution in [2.24, 2.45) is 12.8 Å². The van der Waals surface area contributed by atoms with Crippen LogP contribution in [0.5, 0.6) is 5.75 Å². The molecule has 6 nitrogen and oxygen atoms in total. The predicted octanol–water partition coefficient (Wildman–Crippen LogP) is 1.07. The average molecular weight is 290 g/mol. The summed E-state index contributed by atoms with van der Waals surface area (Å²) in [5.74, 6) is 0.322. The maximum atomic E-state index is 11.7. The molecule has 0 unspecified atom stereocenters. The van der Waals surface area contributed by atoms with Crippen LogP contribution >= 0.6 is 12.2 Å². The van der Waals surface area contributed by atoms with Crippen LogP contribution in [0, 0.1) is 0 Å². The molecule has 0 bridgehead atoms. The Morgan fingerprint density at radius 3 is 2.70 bits per heavy atom. The zero-order chi connectivity index (χ0) is 14.5. The van der Waals surface area contributed by atoms with E-state index in [0.717, 1.165) is 5.56 Å². The Hall–Kier alpha value is -2.41. The number of carbonyl (C=O) groups is 1. The smallest absolute Gasteiger partial charge is 0.262 e. The van der Waals surface area contributed by atoms with Gasteiger partial charge in [0.25, 0.3) is 5.91 Å². The van der Waals surface area contributed by atoms with Gasteiger partial charge in [-0.1, -0.05) is 12.2 Å². The van der Waals surface area contributed by atoms with E-state index in [0.29, 0.717) is 16.4 Å². The number of carbonyl (C=O) groups excluding carboxylic acids is 1. The second kappa shape index (κ2) is 6.16. The number of aromatic nitrogens is 2. The fourth-order valence-corrected chi connectivity index (χ4v) is 1.68. The molecule has 0 saturated heterocycles. The minimum absolute atomic E-state index is 0.0820. The zero-order valence-electron chi connectivity index (χ0n) is 10.9. The summed E-state index contributed by atoms with van der Waals surface area (Å²) in [6, 6.07) is 6.92. The molecular formula is C13H14N4O2S. The Bertz CT molecular complexity index is 622. The van der Waals surface area contributed by atoms with E-state index >= 15 is 0 Å². The van der Waals surface area contributed by atoms with Gasteiger partial charge in [0.15, 0.2) is 6.61 Å².